The molecule has 22 heavy (non-hydrogen) atoms. The zero-order valence-electron chi connectivity index (χ0n) is 12.0. The Balaban J connectivity index is 2.13. The van der Waals surface area contributed by atoms with Gasteiger partial charge in [0.2, 0.25) is 0 Å². The first-order valence-electron chi connectivity index (χ1n) is 6.37. The highest BCUT2D eigenvalue weighted by Crippen LogP contribution is 2.19. The monoisotopic (exact) mass is 318 g/mol. The Kier molecular flexibility index (Phi) is 4.90. The van der Waals surface area contributed by atoms with Crippen LogP contribution in [0.15, 0.2) is 36.4 Å². The Morgan fingerprint density at radius 2 is 1.77 bits per heavy atom. The highest BCUT2D eigenvalue weighted by molar-refractivity contribution is 7.16. The summed E-state index contributed by atoms with van der Waals surface area (Å²) in [7, 11) is 2.82. The molecule has 0 aliphatic rings. The standard InChI is InChI=1S/C15H14N2O4S/c1-16-13(18)9-4-3-5-10(8-9)17-14(19)11-6-7-12(22-11)15(20)21-2/h3-8H,1-2H3,(H,16,18)(H,17,19). The average molecular weight is 318 g/mol. The number of ether oxygens (including phenoxy) is 1. The second-order valence-electron chi connectivity index (χ2n) is 4.27. The average Bonchev–Trinajstić information content (AvgIpc) is 3.03. The summed E-state index contributed by atoms with van der Waals surface area (Å²) in [5, 5.41) is 5.20. The molecule has 0 unspecified atom stereocenters. The molecular weight excluding hydrogens is 304 g/mol. The lowest BCUT2D eigenvalue weighted by Crippen LogP contribution is -2.18. The second-order valence-corrected chi connectivity index (χ2v) is 5.35. The fraction of sp³-hybridized carbons (Fsp3) is 0.133. The zero-order valence-corrected chi connectivity index (χ0v) is 12.8. The van der Waals surface area contributed by atoms with Gasteiger partial charge in [0.25, 0.3) is 11.8 Å². The molecule has 2 N–H and O–H groups in total. The number of amides is 2. The molecule has 1 heterocycles. The fourth-order valence-corrected chi connectivity index (χ4v) is 2.56. The van der Waals surface area contributed by atoms with E-state index in [9.17, 15) is 14.4 Å². The molecule has 114 valence electrons. The summed E-state index contributed by atoms with van der Waals surface area (Å²) in [4.78, 5) is 35.8. The lowest BCUT2D eigenvalue weighted by atomic mass is 10.2. The molecule has 7 heteroatoms. The lowest BCUT2D eigenvalue weighted by molar-refractivity contribution is 0.0606. The van der Waals surface area contributed by atoms with Gasteiger partial charge in [-0.15, -0.1) is 11.3 Å². The van der Waals surface area contributed by atoms with Gasteiger partial charge >= 0.3 is 5.97 Å². The molecule has 0 bridgehead atoms. The number of esters is 1. The summed E-state index contributed by atoms with van der Waals surface area (Å²) in [6.45, 7) is 0. The van der Waals surface area contributed by atoms with Gasteiger partial charge in [0, 0.05) is 18.3 Å². The normalized spacial score (nSPS) is 9.91. The van der Waals surface area contributed by atoms with E-state index in [2.05, 4.69) is 15.4 Å². The van der Waals surface area contributed by atoms with Gasteiger partial charge in [0.05, 0.1) is 12.0 Å². The van der Waals surface area contributed by atoms with Crippen molar-refractivity contribution in [2.24, 2.45) is 0 Å². The predicted octanol–water partition coefficient (Wildman–Crippen LogP) is 2.15. The number of methoxy groups -OCH3 is 1. The molecule has 0 atom stereocenters. The molecule has 0 aliphatic heterocycles. The van der Waals surface area contributed by atoms with E-state index in [0.717, 1.165) is 11.3 Å². The third-order valence-electron chi connectivity index (χ3n) is 2.83. The van der Waals surface area contributed by atoms with Crippen LogP contribution >= 0.6 is 11.3 Å². The number of thiophene rings is 1. The van der Waals surface area contributed by atoms with Crippen LogP contribution in [0.3, 0.4) is 0 Å². The molecule has 6 nitrogen and oxygen atoms in total. The first-order chi connectivity index (χ1) is 10.5. The number of hydrogen-bond acceptors (Lipinski definition) is 5. The molecule has 1 aromatic heterocycles. The van der Waals surface area contributed by atoms with Crippen molar-refractivity contribution in [1.29, 1.82) is 0 Å². The first kappa shape index (κ1) is 15.7. The topological polar surface area (TPSA) is 84.5 Å². The summed E-state index contributed by atoms with van der Waals surface area (Å²) in [5.74, 6) is -1.07. The summed E-state index contributed by atoms with van der Waals surface area (Å²) in [6, 6.07) is 9.66. The van der Waals surface area contributed by atoms with Crippen LogP contribution in [0, 0.1) is 0 Å². The number of anilines is 1. The minimum Gasteiger partial charge on any atom is -0.465 e. The van der Waals surface area contributed by atoms with Crippen molar-refractivity contribution in [2.75, 3.05) is 19.5 Å². The van der Waals surface area contributed by atoms with E-state index in [4.69, 9.17) is 0 Å². The SMILES string of the molecule is CNC(=O)c1cccc(NC(=O)c2ccc(C(=O)OC)s2)c1. The predicted molar refractivity (Wildman–Crippen MR) is 83.4 cm³/mol. The molecular formula is C15H14N2O4S. The van der Waals surface area contributed by atoms with Crippen molar-refractivity contribution in [3.8, 4) is 0 Å². The van der Waals surface area contributed by atoms with E-state index in [1.54, 1.807) is 30.3 Å². The van der Waals surface area contributed by atoms with Gasteiger partial charge in [-0.25, -0.2) is 4.79 Å². The van der Waals surface area contributed by atoms with Gasteiger partial charge < -0.3 is 15.4 Å². The highest BCUT2D eigenvalue weighted by atomic mass is 32.1. The van der Waals surface area contributed by atoms with Gasteiger partial charge in [-0.05, 0) is 30.3 Å². The van der Waals surface area contributed by atoms with Crippen LogP contribution in [-0.2, 0) is 4.74 Å². The molecule has 2 rings (SSSR count). The summed E-state index contributed by atoms with van der Waals surface area (Å²) in [5.41, 5.74) is 0.945. The molecule has 0 saturated heterocycles. The molecule has 0 fully saturated rings. The van der Waals surface area contributed by atoms with Crippen LogP contribution in [0.5, 0.6) is 0 Å². The van der Waals surface area contributed by atoms with Crippen LogP contribution < -0.4 is 10.6 Å². The van der Waals surface area contributed by atoms with Gasteiger partial charge in [0.1, 0.15) is 4.88 Å². The highest BCUT2D eigenvalue weighted by Gasteiger charge is 2.14. The van der Waals surface area contributed by atoms with Crippen molar-refractivity contribution in [2.45, 2.75) is 0 Å². The summed E-state index contributed by atoms with van der Waals surface area (Å²) < 4.78 is 4.60. The van der Waals surface area contributed by atoms with Gasteiger partial charge in [-0.2, -0.15) is 0 Å². The van der Waals surface area contributed by atoms with Crippen molar-refractivity contribution in [3.63, 3.8) is 0 Å². The molecule has 0 radical (unpaired) electrons. The molecule has 1 aromatic carbocycles. The zero-order chi connectivity index (χ0) is 16.1. The Morgan fingerprint density at radius 3 is 2.45 bits per heavy atom. The molecule has 2 amide bonds. The maximum Gasteiger partial charge on any atom is 0.348 e. The summed E-state index contributed by atoms with van der Waals surface area (Å²) >= 11 is 1.04. The smallest absolute Gasteiger partial charge is 0.348 e. The second kappa shape index (κ2) is 6.86. The van der Waals surface area contributed by atoms with E-state index in [0.29, 0.717) is 21.0 Å². The van der Waals surface area contributed by atoms with Crippen LogP contribution in [0.25, 0.3) is 0 Å². The molecule has 0 spiro atoms. The van der Waals surface area contributed by atoms with Crippen molar-refractivity contribution in [1.82, 2.24) is 5.32 Å². The van der Waals surface area contributed by atoms with Crippen LogP contribution in [0.1, 0.15) is 29.7 Å². The fourth-order valence-electron chi connectivity index (χ4n) is 1.75. The van der Waals surface area contributed by atoms with Gasteiger partial charge in [0.15, 0.2) is 0 Å². The number of rotatable bonds is 4. The van der Waals surface area contributed by atoms with E-state index < -0.39 is 5.97 Å². The molecule has 2 aromatic rings. The Bertz CT molecular complexity index is 724. The number of carbonyl (C=O) groups is 3. The summed E-state index contributed by atoms with van der Waals surface area (Å²) in [6.07, 6.45) is 0. The Hall–Kier alpha value is -2.67. The quantitative estimate of drug-likeness (QED) is 0.846. The number of benzene rings is 1. The van der Waals surface area contributed by atoms with E-state index >= 15 is 0 Å². The van der Waals surface area contributed by atoms with E-state index in [-0.39, 0.29) is 11.8 Å². The van der Waals surface area contributed by atoms with Crippen LogP contribution in [-0.4, -0.2) is 31.9 Å². The molecule has 0 aliphatic carbocycles. The lowest BCUT2D eigenvalue weighted by Gasteiger charge is -2.05. The first-order valence-corrected chi connectivity index (χ1v) is 7.18. The van der Waals surface area contributed by atoms with E-state index in [1.807, 2.05) is 0 Å². The maximum atomic E-state index is 12.1. The Labute approximate surface area is 131 Å². The molecule has 0 saturated carbocycles. The van der Waals surface area contributed by atoms with Crippen molar-refractivity contribution >= 4 is 34.8 Å². The number of carbonyl (C=O) groups excluding carboxylic acids is 3. The van der Waals surface area contributed by atoms with Crippen molar-refractivity contribution in [3.05, 3.63) is 51.7 Å². The van der Waals surface area contributed by atoms with Gasteiger partial charge in [-0.3, -0.25) is 9.59 Å². The van der Waals surface area contributed by atoms with Crippen LogP contribution in [0.4, 0.5) is 5.69 Å². The third kappa shape index (κ3) is 3.50. The Morgan fingerprint density at radius 1 is 1.05 bits per heavy atom. The van der Waals surface area contributed by atoms with Crippen molar-refractivity contribution < 1.29 is 19.1 Å². The van der Waals surface area contributed by atoms with Crippen LogP contribution in [0.2, 0.25) is 0 Å². The third-order valence-corrected chi connectivity index (χ3v) is 3.89. The van der Waals surface area contributed by atoms with E-state index in [1.165, 1.54) is 20.2 Å². The minimum absolute atomic E-state index is 0.236. The number of hydrogen-bond donors (Lipinski definition) is 2. The largest absolute Gasteiger partial charge is 0.465 e. The maximum absolute atomic E-state index is 12.1. The number of nitrogens with one attached hydrogen (secondary N) is 2. The van der Waals surface area contributed by atoms with Gasteiger partial charge in [-0.1, -0.05) is 6.07 Å². The minimum atomic E-state index is -0.481.